The fourth-order valence-electron chi connectivity index (χ4n) is 2.50. The van der Waals surface area contributed by atoms with E-state index in [0.29, 0.717) is 12.2 Å². The Morgan fingerprint density at radius 3 is 2.81 bits per heavy atom. The van der Waals surface area contributed by atoms with E-state index in [1.807, 2.05) is 19.2 Å². The summed E-state index contributed by atoms with van der Waals surface area (Å²) in [5.41, 5.74) is 0.596. The van der Waals surface area contributed by atoms with Crippen LogP contribution in [0.25, 0.3) is 5.13 Å². The number of rotatable bonds is 4. The molecule has 0 saturated carbocycles. The highest BCUT2D eigenvalue weighted by Crippen LogP contribution is 2.26. The highest BCUT2D eigenvalue weighted by Gasteiger charge is 2.18. The van der Waals surface area contributed by atoms with Crippen molar-refractivity contribution in [2.24, 2.45) is 0 Å². The minimum atomic E-state index is -0.0859. The molecule has 21 heavy (non-hydrogen) atoms. The number of nitrogens with zero attached hydrogens (tertiary/aromatic N) is 4. The van der Waals surface area contributed by atoms with Crippen molar-refractivity contribution in [1.29, 1.82) is 0 Å². The van der Waals surface area contributed by atoms with Crippen molar-refractivity contribution in [3.05, 3.63) is 24.0 Å². The Labute approximate surface area is 127 Å². The lowest BCUT2D eigenvalue weighted by Crippen LogP contribution is -2.29. The van der Waals surface area contributed by atoms with E-state index in [1.165, 1.54) is 30.6 Å². The predicted molar refractivity (Wildman–Crippen MR) is 83.3 cm³/mol. The predicted octanol–water partition coefficient (Wildman–Crippen LogP) is 2.07. The van der Waals surface area contributed by atoms with E-state index >= 15 is 0 Å². The molecule has 1 N–H and O–H groups in total. The fraction of sp³-hybridized carbons (Fsp3) is 0.500. The van der Waals surface area contributed by atoms with Gasteiger partial charge in [-0.3, -0.25) is 9.36 Å². The average Bonchev–Trinajstić information content (AvgIpc) is 3.17. The van der Waals surface area contributed by atoms with Crippen molar-refractivity contribution in [3.8, 4) is 5.13 Å². The van der Waals surface area contributed by atoms with E-state index in [0.717, 1.165) is 23.4 Å². The molecule has 0 spiro atoms. The van der Waals surface area contributed by atoms with Crippen molar-refractivity contribution in [2.45, 2.75) is 26.2 Å². The Bertz CT molecular complexity index is 614. The first-order valence-corrected chi connectivity index (χ1v) is 8.15. The first kappa shape index (κ1) is 14.1. The van der Waals surface area contributed by atoms with E-state index in [-0.39, 0.29) is 5.91 Å². The number of hydrogen-bond acceptors (Lipinski definition) is 5. The monoisotopic (exact) mass is 305 g/mol. The van der Waals surface area contributed by atoms with E-state index in [9.17, 15) is 4.79 Å². The number of amides is 1. The van der Waals surface area contributed by atoms with Crippen LogP contribution in [0.3, 0.4) is 0 Å². The standard InChI is InChI=1S/C14H19N5OS/c1-2-15-12(20)11-7-6-10-19(11)14-17-16-13(21-14)18-8-4-3-5-9-18/h6-7,10H,2-5,8-9H2,1H3,(H,15,20). The maximum atomic E-state index is 12.0. The minimum absolute atomic E-state index is 0.0859. The van der Waals surface area contributed by atoms with E-state index < -0.39 is 0 Å². The van der Waals surface area contributed by atoms with Crippen molar-refractivity contribution < 1.29 is 4.79 Å². The highest BCUT2D eigenvalue weighted by atomic mass is 32.1. The summed E-state index contributed by atoms with van der Waals surface area (Å²) in [7, 11) is 0. The van der Waals surface area contributed by atoms with Crippen molar-refractivity contribution in [2.75, 3.05) is 24.5 Å². The number of nitrogens with one attached hydrogen (secondary N) is 1. The van der Waals surface area contributed by atoms with Crippen LogP contribution in [0.1, 0.15) is 36.7 Å². The van der Waals surface area contributed by atoms with Gasteiger partial charge in [0, 0.05) is 25.8 Å². The van der Waals surface area contributed by atoms with Crippen molar-refractivity contribution in [3.63, 3.8) is 0 Å². The van der Waals surface area contributed by atoms with E-state index in [4.69, 9.17) is 0 Å². The topological polar surface area (TPSA) is 63.1 Å². The summed E-state index contributed by atoms with van der Waals surface area (Å²) in [5, 5.41) is 13.0. The molecule has 2 aromatic rings. The molecule has 7 heteroatoms. The number of piperidine rings is 1. The zero-order chi connectivity index (χ0) is 14.7. The van der Waals surface area contributed by atoms with Crippen LogP contribution in [0.2, 0.25) is 0 Å². The van der Waals surface area contributed by atoms with Crippen LogP contribution >= 0.6 is 11.3 Å². The van der Waals surface area contributed by atoms with Gasteiger partial charge in [-0.2, -0.15) is 0 Å². The summed E-state index contributed by atoms with van der Waals surface area (Å²) in [6, 6.07) is 3.65. The smallest absolute Gasteiger partial charge is 0.268 e. The lowest BCUT2D eigenvalue weighted by atomic mass is 10.1. The van der Waals surface area contributed by atoms with Gasteiger partial charge in [0.05, 0.1) is 0 Å². The zero-order valence-corrected chi connectivity index (χ0v) is 12.9. The Hall–Kier alpha value is -1.89. The van der Waals surface area contributed by atoms with Crippen LogP contribution in [-0.4, -0.2) is 40.3 Å². The second kappa shape index (κ2) is 6.26. The number of carbonyl (C=O) groups is 1. The molecule has 112 valence electrons. The molecule has 1 amide bonds. The summed E-state index contributed by atoms with van der Waals surface area (Å²) in [6.45, 7) is 4.61. The molecule has 1 saturated heterocycles. The maximum Gasteiger partial charge on any atom is 0.268 e. The lowest BCUT2D eigenvalue weighted by molar-refractivity contribution is 0.0949. The molecule has 1 aliphatic rings. The first-order valence-electron chi connectivity index (χ1n) is 7.34. The molecule has 0 unspecified atom stereocenters. The largest absolute Gasteiger partial charge is 0.351 e. The maximum absolute atomic E-state index is 12.0. The molecule has 3 heterocycles. The molecular formula is C14H19N5OS. The number of anilines is 1. The van der Waals surface area contributed by atoms with Gasteiger partial charge < -0.3 is 10.2 Å². The minimum Gasteiger partial charge on any atom is -0.351 e. The van der Waals surface area contributed by atoms with E-state index in [1.54, 1.807) is 10.6 Å². The summed E-state index contributed by atoms with van der Waals surface area (Å²) in [6.07, 6.45) is 5.57. The Balaban J connectivity index is 1.83. The number of hydrogen-bond donors (Lipinski definition) is 1. The molecule has 6 nitrogen and oxygen atoms in total. The lowest BCUT2D eigenvalue weighted by Gasteiger charge is -2.25. The van der Waals surface area contributed by atoms with Crippen LogP contribution in [-0.2, 0) is 0 Å². The second-order valence-electron chi connectivity index (χ2n) is 5.04. The Kier molecular flexibility index (Phi) is 4.19. The second-order valence-corrected chi connectivity index (χ2v) is 5.97. The summed E-state index contributed by atoms with van der Waals surface area (Å²) >= 11 is 1.53. The van der Waals surface area contributed by atoms with Gasteiger partial charge in [-0.15, -0.1) is 10.2 Å². The van der Waals surface area contributed by atoms with Gasteiger partial charge in [-0.05, 0) is 38.3 Å². The van der Waals surface area contributed by atoms with Crippen LogP contribution in [0.5, 0.6) is 0 Å². The van der Waals surface area contributed by atoms with Crippen LogP contribution in [0.4, 0.5) is 5.13 Å². The summed E-state index contributed by atoms with van der Waals surface area (Å²) < 4.78 is 1.80. The average molecular weight is 305 g/mol. The van der Waals surface area contributed by atoms with Gasteiger partial charge in [0.1, 0.15) is 5.69 Å². The molecule has 1 fully saturated rings. The Morgan fingerprint density at radius 2 is 2.05 bits per heavy atom. The molecule has 0 aliphatic carbocycles. The van der Waals surface area contributed by atoms with Crippen LogP contribution in [0.15, 0.2) is 18.3 Å². The normalized spacial score (nSPS) is 15.2. The van der Waals surface area contributed by atoms with Gasteiger partial charge in [0.15, 0.2) is 0 Å². The molecule has 0 atom stereocenters. The van der Waals surface area contributed by atoms with Gasteiger partial charge >= 0.3 is 0 Å². The molecule has 0 bridgehead atoms. The molecule has 1 aliphatic heterocycles. The molecule has 0 aromatic carbocycles. The molecule has 3 rings (SSSR count). The molecule has 0 radical (unpaired) electrons. The molecular weight excluding hydrogens is 286 g/mol. The van der Waals surface area contributed by atoms with Crippen molar-refractivity contribution >= 4 is 22.4 Å². The summed E-state index contributed by atoms with van der Waals surface area (Å²) in [5.74, 6) is -0.0859. The van der Waals surface area contributed by atoms with Gasteiger partial charge in [0.25, 0.3) is 5.91 Å². The third-order valence-electron chi connectivity index (χ3n) is 3.56. The SMILES string of the molecule is CCNC(=O)c1cccn1-c1nnc(N2CCCCC2)s1. The summed E-state index contributed by atoms with van der Waals surface area (Å²) in [4.78, 5) is 14.3. The number of aromatic nitrogens is 3. The van der Waals surface area contributed by atoms with Gasteiger partial charge in [-0.1, -0.05) is 11.3 Å². The fourth-order valence-corrected chi connectivity index (χ4v) is 3.40. The third-order valence-corrected chi connectivity index (χ3v) is 4.54. The number of carbonyl (C=O) groups excluding carboxylic acids is 1. The Morgan fingerprint density at radius 1 is 1.29 bits per heavy atom. The van der Waals surface area contributed by atoms with Crippen LogP contribution in [0, 0.1) is 0 Å². The van der Waals surface area contributed by atoms with Gasteiger partial charge in [0.2, 0.25) is 10.3 Å². The van der Waals surface area contributed by atoms with Crippen molar-refractivity contribution in [1.82, 2.24) is 20.1 Å². The third kappa shape index (κ3) is 2.92. The zero-order valence-electron chi connectivity index (χ0n) is 12.1. The highest BCUT2D eigenvalue weighted by molar-refractivity contribution is 7.17. The van der Waals surface area contributed by atoms with E-state index in [2.05, 4.69) is 20.4 Å². The first-order chi connectivity index (χ1) is 10.3. The molecule has 2 aromatic heterocycles. The van der Waals surface area contributed by atoms with Crippen LogP contribution < -0.4 is 10.2 Å². The van der Waals surface area contributed by atoms with Gasteiger partial charge in [-0.25, -0.2) is 0 Å². The quantitative estimate of drug-likeness (QED) is 0.939.